The number of H-pyrrole nitrogens is 1. The smallest absolute Gasteiger partial charge is 0.321 e. The zero-order chi connectivity index (χ0) is 13.7. The van der Waals surface area contributed by atoms with Crippen molar-refractivity contribution in [1.82, 2.24) is 15.2 Å². The lowest BCUT2D eigenvalue weighted by molar-refractivity contribution is 0.229. The maximum absolute atomic E-state index is 11.9. The maximum atomic E-state index is 11.9. The average Bonchev–Trinajstić information content (AvgIpc) is 3.14. The van der Waals surface area contributed by atoms with Crippen LogP contribution in [0.15, 0.2) is 41.7 Å². The van der Waals surface area contributed by atoms with Crippen molar-refractivity contribution >= 4 is 16.9 Å². The monoisotopic (exact) mass is 267 g/mol. The summed E-state index contributed by atoms with van der Waals surface area (Å²) in [5, 5.41) is 4.34. The second-order valence-electron chi connectivity index (χ2n) is 5.61. The number of allylic oxidation sites excluding steroid dienone is 1. The van der Waals surface area contributed by atoms with Gasteiger partial charge in [0.05, 0.1) is 6.04 Å². The summed E-state index contributed by atoms with van der Waals surface area (Å²) >= 11 is 0. The highest BCUT2D eigenvalue weighted by Gasteiger charge is 2.36. The third-order valence-corrected chi connectivity index (χ3v) is 4.25. The Kier molecular flexibility index (Phi) is 2.39. The number of hydrogen-bond donors (Lipinski definition) is 2. The molecule has 1 aromatic carbocycles. The quantitative estimate of drug-likeness (QED) is 0.863. The van der Waals surface area contributed by atoms with E-state index in [9.17, 15) is 4.79 Å². The van der Waals surface area contributed by atoms with Crippen LogP contribution < -0.4 is 5.32 Å². The largest absolute Gasteiger partial charge is 0.361 e. The van der Waals surface area contributed by atoms with Gasteiger partial charge >= 0.3 is 6.03 Å². The lowest BCUT2D eigenvalue weighted by Crippen LogP contribution is -2.28. The first kappa shape index (κ1) is 11.6. The van der Waals surface area contributed by atoms with Crippen LogP contribution in [0.5, 0.6) is 0 Å². The minimum absolute atomic E-state index is 0.0178. The molecule has 2 N–H and O–H groups in total. The molecule has 2 heterocycles. The topological polar surface area (TPSA) is 48.1 Å². The van der Waals surface area contributed by atoms with E-state index in [0.717, 1.165) is 24.8 Å². The molecular formula is C16H17N3O. The molecule has 0 radical (unpaired) electrons. The fraction of sp³-hybridized carbons (Fsp3) is 0.312. The van der Waals surface area contributed by atoms with E-state index in [4.69, 9.17) is 0 Å². The molecule has 4 heteroatoms. The van der Waals surface area contributed by atoms with Crippen molar-refractivity contribution in [2.24, 2.45) is 0 Å². The van der Waals surface area contributed by atoms with Crippen molar-refractivity contribution in [3.05, 3.63) is 47.3 Å². The minimum Gasteiger partial charge on any atom is -0.361 e. The van der Waals surface area contributed by atoms with Gasteiger partial charge in [-0.3, -0.25) is 4.90 Å². The van der Waals surface area contributed by atoms with Gasteiger partial charge in [0.1, 0.15) is 0 Å². The summed E-state index contributed by atoms with van der Waals surface area (Å²) in [6, 6.07) is 8.43. The summed E-state index contributed by atoms with van der Waals surface area (Å²) in [5.41, 5.74) is 5.04. The molecule has 1 saturated heterocycles. The molecule has 102 valence electrons. The molecule has 2 aliphatic rings. The Bertz CT molecular complexity index is 722. The number of nitrogens with zero attached hydrogens (tertiary/aromatic N) is 1. The van der Waals surface area contributed by atoms with Crippen LogP contribution in [0.2, 0.25) is 0 Å². The standard InChI is InChI=1S/C16H17N3O/c1-19-15(10-6-7-10)14(18-16(19)20)8-11-9-17-13-5-3-2-4-12(11)13/h2-5,9,14,17H,6-8H2,1H3,(H,18,20). The Morgan fingerprint density at radius 2 is 2.10 bits per heavy atom. The molecule has 2 amide bonds. The number of urea groups is 1. The Labute approximate surface area is 117 Å². The van der Waals surface area contributed by atoms with Crippen molar-refractivity contribution in [2.45, 2.75) is 25.3 Å². The van der Waals surface area contributed by atoms with Crippen LogP contribution in [0, 0.1) is 0 Å². The Hall–Kier alpha value is -2.23. The van der Waals surface area contributed by atoms with E-state index < -0.39 is 0 Å². The van der Waals surface area contributed by atoms with E-state index in [0.29, 0.717) is 0 Å². The van der Waals surface area contributed by atoms with E-state index >= 15 is 0 Å². The summed E-state index contributed by atoms with van der Waals surface area (Å²) < 4.78 is 0. The van der Waals surface area contributed by atoms with Crippen LogP contribution in [0.25, 0.3) is 10.9 Å². The summed E-state index contributed by atoms with van der Waals surface area (Å²) in [5.74, 6) is 0. The fourth-order valence-electron chi connectivity index (χ4n) is 3.13. The molecule has 20 heavy (non-hydrogen) atoms. The number of carbonyl (C=O) groups is 1. The van der Waals surface area contributed by atoms with Crippen molar-refractivity contribution in [2.75, 3.05) is 7.05 Å². The number of nitrogens with one attached hydrogen (secondary N) is 2. The fourth-order valence-corrected chi connectivity index (χ4v) is 3.13. The number of hydrogen-bond acceptors (Lipinski definition) is 1. The second kappa shape index (κ2) is 4.13. The normalized spacial score (nSPS) is 21.8. The number of para-hydroxylation sites is 1. The Balaban J connectivity index is 1.69. The van der Waals surface area contributed by atoms with E-state index in [2.05, 4.69) is 34.7 Å². The van der Waals surface area contributed by atoms with E-state index in [1.165, 1.54) is 22.2 Å². The number of likely N-dealkylation sites (N-methyl/N-ethyl adjacent to an activating group) is 1. The van der Waals surface area contributed by atoms with Gasteiger partial charge in [0, 0.05) is 36.3 Å². The third-order valence-electron chi connectivity index (χ3n) is 4.25. The minimum atomic E-state index is 0.0178. The van der Waals surface area contributed by atoms with Crippen molar-refractivity contribution in [3.63, 3.8) is 0 Å². The number of fused-ring (bicyclic) bond motifs is 1. The first-order valence-electron chi connectivity index (χ1n) is 7.05. The van der Waals surface area contributed by atoms with E-state index in [1.54, 1.807) is 4.90 Å². The van der Waals surface area contributed by atoms with E-state index in [1.807, 2.05) is 13.1 Å². The number of benzene rings is 1. The Morgan fingerprint density at radius 3 is 2.90 bits per heavy atom. The Morgan fingerprint density at radius 1 is 1.30 bits per heavy atom. The zero-order valence-corrected chi connectivity index (χ0v) is 11.4. The van der Waals surface area contributed by atoms with Crippen LogP contribution in [0.1, 0.15) is 18.4 Å². The molecule has 2 aromatic rings. The van der Waals surface area contributed by atoms with E-state index in [-0.39, 0.29) is 12.1 Å². The number of carbonyl (C=O) groups excluding carboxylic acids is 1. The van der Waals surface area contributed by atoms with Gasteiger partial charge in [-0.2, -0.15) is 0 Å². The van der Waals surface area contributed by atoms with Gasteiger partial charge in [-0.25, -0.2) is 4.79 Å². The van der Waals surface area contributed by atoms with Crippen LogP contribution in [-0.4, -0.2) is 29.0 Å². The van der Waals surface area contributed by atoms with Gasteiger partial charge in [-0.05, 0) is 30.0 Å². The molecular weight excluding hydrogens is 250 g/mol. The highest BCUT2D eigenvalue weighted by molar-refractivity contribution is 5.84. The van der Waals surface area contributed by atoms with Crippen molar-refractivity contribution in [1.29, 1.82) is 0 Å². The summed E-state index contributed by atoms with van der Waals surface area (Å²) in [6.45, 7) is 0. The van der Waals surface area contributed by atoms with Crippen LogP contribution in [0.3, 0.4) is 0 Å². The molecule has 1 aliphatic carbocycles. The SMILES string of the molecule is CN1C(=O)NC(Cc2c[nH]c3ccccc23)C1=C1CC1. The number of amides is 2. The third kappa shape index (κ3) is 1.72. The number of aromatic amines is 1. The van der Waals surface area contributed by atoms with Crippen LogP contribution in [0.4, 0.5) is 4.79 Å². The second-order valence-corrected chi connectivity index (χ2v) is 5.61. The maximum Gasteiger partial charge on any atom is 0.321 e. The van der Waals surface area contributed by atoms with Crippen molar-refractivity contribution in [3.8, 4) is 0 Å². The molecule has 4 nitrogen and oxygen atoms in total. The summed E-state index contributed by atoms with van der Waals surface area (Å²) in [7, 11) is 1.87. The van der Waals surface area contributed by atoms with Gasteiger partial charge in [0.25, 0.3) is 0 Å². The van der Waals surface area contributed by atoms with Crippen LogP contribution in [-0.2, 0) is 6.42 Å². The van der Waals surface area contributed by atoms with Crippen LogP contribution >= 0.6 is 0 Å². The molecule has 1 saturated carbocycles. The van der Waals surface area contributed by atoms with Gasteiger partial charge in [-0.15, -0.1) is 0 Å². The summed E-state index contributed by atoms with van der Waals surface area (Å²) in [6.07, 6.45) is 5.18. The highest BCUT2D eigenvalue weighted by Crippen LogP contribution is 2.37. The number of aromatic nitrogens is 1. The highest BCUT2D eigenvalue weighted by atomic mass is 16.2. The first-order valence-corrected chi connectivity index (χ1v) is 7.05. The van der Waals surface area contributed by atoms with Gasteiger partial charge < -0.3 is 10.3 Å². The lowest BCUT2D eigenvalue weighted by Gasteiger charge is -2.14. The summed E-state index contributed by atoms with van der Waals surface area (Å²) in [4.78, 5) is 17.0. The molecule has 1 atom stereocenters. The predicted molar refractivity (Wildman–Crippen MR) is 78.3 cm³/mol. The van der Waals surface area contributed by atoms with Gasteiger partial charge in [0.2, 0.25) is 0 Å². The van der Waals surface area contributed by atoms with Crippen molar-refractivity contribution < 1.29 is 4.79 Å². The molecule has 1 unspecified atom stereocenters. The lowest BCUT2D eigenvalue weighted by atomic mass is 10.0. The zero-order valence-electron chi connectivity index (χ0n) is 11.4. The molecule has 2 fully saturated rings. The molecule has 4 rings (SSSR count). The molecule has 1 aliphatic heterocycles. The van der Waals surface area contributed by atoms with Gasteiger partial charge in [-0.1, -0.05) is 18.2 Å². The molecule has 0 bridgehead atoms. The first-order chi connectivity index (χ1) is 9.74. The number of rotatable bonds is 2. The predicted octanol–water partition coefficient (Wildman–Crippen LogP) is 2.78. The molecule has 1 aromatic heterocycles. The average molecular weight is 267 g/mol. The molecule has 0 spiro atoms. The van der Waals surface area contributed by atoms with Gasteiger partial charge in [0.15, 0.2) is 0 Å².